The van der Waals surface area contributed by atoms with E-state index in [0.717, 1.165) is 54.0 Å². The molecule has 0 bridgehead atoms. The summed E-state index contributed by atoms with van der Waals surface area (Å²) < 4.78 is 38.6. The van der Waals surface area contributed by atoms with Crippen molar-refractivity contribution in [2.24, 2.45) is 0 Å². The first-order valence-corrected chi connectivity index (χ1v) is 11.7. The van der Waals surface area contributed by atoms with E-state index in [1.165, 1.54) is 12.1 Å². The van der Waals surface area contributed by atoms with E-state index in [0.29, 0.717) is 24.5 Å². The predicted octanol–water partition coefficient (Wildman–Crippen LogP) is 5.00. The summed E-state index contributed by atoms with van der Waals surface area (Å²) in [5, 5.41) is 3.61. The highest BCUT2D eigenvalue weighted by Gasteiger charge is 2.43. The topological polar surface area (TPSA) is 71.0 Å². The third kappa shape index (κ3) is 4.47. The van der Waals surface area contributed by atoms with Crippen LogP contribution in [-0.2, 0) is 17.4 Å². The fraction of sp³-hybridized carbons (Fsp3) is 0.385. The highest BCUT2D eigenvalue weighted by molar-refractivity contribution is 5.84. The number of nitrogens with one attached hydrogen (secondary N) is 1. The summed E-state index contributed by atoms with van der Waals surface area (Å²) in [5.41, 5.74) is 2.46. The van der Waals surface area contributed by atoms with Crippen LogP contribution in [0.15, 0.2) is 48.8 Å². The molecular formula is C26H26F3N5O. The van der Waals surface area contributed by atoms with E-state index < -0.39 is 17.7 Å². The van der Waals surface area contributed by atoms with E-state index in [2.05, 4.69) is 21.4 Å². The van der Waals surface area contributed by atoms with Crippen LogP contribution in [0.3, 0.4) is 0 Å². The third-order valence-corrected chi connectivity index (χ3v) is 7.13. The Labute approximate surface area is 201 Å². The number of amides is 1. The first-order chi connectivity index (χ1) is 16.7. The first kappa shape index (κ1) is 23.3. The first-order valence-electron chi connectivity index (χ1n) is 11.7. The van der Waals surface area contributed by atoms with Gasteiger partial charge in [0.1, 0.15) is 5.82 Å². The number of alkyl halides is 3. The molecule has 2 aliphatic heterocycles. The molecule has 9 heteroatoms. The lowest BCUT2D eigenvalue weighted by Crippen LogP contribution is -2.46. The number of carbonyl (C=O) groups is 1. The number of fused-ring (bicyclic) bond motifs is 1. The molecule has 5 rings (SSSR count). The van der Waals surface area contributed by atoms with Gasteiger partial charge in [0.2, 0.25) is 5.91 Å². The summed E-state index contributed by atoms with van der Waals surface area (Å²) in [6.45, 7) is 4.82. The summed E-state index contributed by atoms with van der Waals surface area (Å²) >= 11 is 0. The van der Waals surface area contributed by atoms with E-state index in [4.69, 9.17) is 4.98 Å². The molecule has 1 saturated heterocycles. The van der Waals surface area contributed by atoms with Crippen molar-refractivity contribution in [1.29, 1.82) is 0 Å². The zero-order valence-corrected chi connectivity index (χ0v) is 19.6. The van der Waals surface area contributed by atoms with E-state index in [-0.39, 0.29) is 11.4 Å². The molecule has 1 amide bonds. The van der Waals surface area contributed by atoms with Crippen LogP contribution in [0, 0.1) is 6.92 Å². The van der Waals surface area contributed by atoms with Crippen molar-refractivity contribution in [1.82, 2.24) is 19.9 Å². The molecule has 1 fully saturated rings. The number of halogens is 3. The number of aromatic nitrogens is 3. The van der Waals surface area contributed by atoms with Gasteiger partial charge in [0.05, 0.1) is 22.7 Å². The molecule has 0 radical (unpaired) electrons. The molecule has 182 valence electrons. The van der Waals surface area contributed by atoms with E-state index >= 15 is 0 Å². The van der Waals surface area contributed by atoms with Gasteiger partial charge in [-0.25, -0.2) is 15.0 Å². The van der Waals surface area contributed by atoms with Gasteiger partial charge in [0, 0.05) is 31.0 Å². The number of carbonyl (C=O) groups excluding carboxylic acids is 1. The minimum Gasteiger partial charge on any atom is -0.363 e. The average molecular weight is 482 g/mol. The zero-order chi connectivity index (χ0) is 24.8. The summed E-state index contributed by atoms with van der Waals surface area (Å²) in [7, 11) is 0. The van der Waals surface area contributed by atoms with Gasteiger partial charge in [-0.05, 0) is 68.5 Å². The summed E-state index contributed by atoms with van der Waals surface area (Å²) in [6, 6.07) is 8.74. The number of nitrogens with zero attached hydrogens (tertiary/aromatic N) is 4. The molecule has 35 heavy (non-hydrogen) atoms. The molecule has 1 aromatic carbocycles. The molecule has 0 saturated carbocycles. The van der Waals surface area contributed by atoms with Gasteiger partial charge in [-0.3, -0.25) is 4.79 Å². The number of anilines is 1. The maximum absolute atomic E-state index is 13.2. The Kier molecular flexibility index (Phi) is 5.73. The van der Waals surface area contributed by atoms with Crippen LogP contribution < -0.4 is 5.32 Å². The molecular weight excluding hydrogens is 455 g/mol. The number of benzene rings is 1. The lowest BCUT2D eigenvalue weighted by atomic mass is 9.86. The van der Waals surface area contributed by atoms with Crippen LogP contribution in [-0.4, -0.2) is 44.4 Å². The van der Waals surface area contributed by atoms with Gasteiger partial charge in [0.25, 0.3) is 0 Å². The highest BCUT2D eigenvalue weighted by Crippen LogP contribution is 2.39. The average Bonchev–Trinajstić information content (AvgIpc) is 3.26. The number of pyridine rings is 1. The van der Waals surface area contributed by atoms with Crippen LogP contribution in [0.5, 0.6) is 0 Å². The minimum absolute atomic E-state index is 0.0741. The van der Waals surface area contributed by atoms with Gasteiger partial charge in [-0.1, -0.05) is 12.1 Å². The monoisotopic (exact) mass is 481 g/mol. The molecule has 2 atom stereocenters. The van der Waals surface area contributed by atoms with E-state index in [1.54, 1.807) is 25.4 Å². The van der Waals surface area contributed by atoms with Crippen molar-refractivity contribution in [3.05, 3.63) is 71.2 Å². The summed E-state index contributed by atoms with van der Waals surface area (Å²) in [5.74, 6) is 0.890. The molecule has 3 aromatic rings. The van der Waals surface area contributed by atoms with Gasteiger partial charge in [-0.2, -0.15) is 13.2 Å². The van der Waals surface area contributed by atoms with Crippen molar-refractivity contribution in [3.63, 3.8) is 0 Å². The van der Waals surface area contributed by atoms with Crippen molar-refractivity contribution in [2.45, 2.75) is 50.7 Å². The molecule has 1 spiro atoms. The summed E-state index contributed by atoms with van der Waals surface area (Å²) in [6.07, 6.45) is 1.51. The van der Waals surface area contributed by atoms with Crippen LogP contribution in [0.2, 0.25) is 0 Å². The number of rotatable bonds is 3. The molecule has 0 aliphatic carbocycles. The van der Waals surface area contributed by atoms with E-state index in [1.807, 2.05) is 11.8 Å². The Bertz CT molecular complexity index is 1250. The highest BCUT2D eigenvalue weighted by atomic mass is 19.4. The molecule has 2 aromatic heterocycles. The Hall–Kier alpha value is -3.49. The second-order valence-electron chi connectivity index (χ2n) is 9.46. The Balaban J connectivity index is 1.29. The van der Waals surface area contributed by atoms with Crippen molar-refractivity contribution < 1.29 is 18.0 Å². The fourth-order valence-electron chi connectivity index (χ4n) is 5.04. The molecule has 2 aliphatic rings. The Morgan fingerprint density at radius 3 is 2.54 bits per heavy atom. The van der Waals surface area contributed by atoms with Crippen molar-refractivity contribution in [2.75, 3.05) is 18.4 Å². The second-order valence-corrected chi connectivity index (χ2v) is 9.46. The van der Waals surface area contributed by atoms with Crippen LogP contribution in [0.4, 0.5) is 19.0 Å². The van der Waals surface area contributed by atoms with Gasteiger partial charge in [-0.15, -0.1) is 0 Å². The Morgan fingerprint density at radius 2 is 1.86 bits per heavy atom. The lowest BCUT2D eigenvalue weighted by Gasteiger charge is -2.36. The zero-order valence-electron chi connectivity index (χ0n) is 19.6. The molecule has 6 nitrogen and oxygen atoms in total. The van der Waals surface area contributed by atoms with Gasteiger partial charge in [0.15, 0.2) is 5.82 Å². The van der Waals surface area contributed by atoms with Crippen molar-refractivity contribution in [3.8, 4) is 11.4 Å². The van der Waals surface area contributed by atoms with Crippen LogP contribution in [0.25, 0.3) is 11.4 Å². The molecule has 1 N–H and O–H groups in total. The standard InChI is InChI=1S/C26H26F3N5O/c1-16(18-4-6-20(7-5-18)26(27,28)29)24(35)34-13-10-25(15-34)9-8-19-14-21(17(2)32-22(19)33-25)23-30-11-3-12-31-23/h3-7,11-12,14,16H,8-10,13,15H2,1-2H3,(H,32,33)/t16-,25+/m1/s1. The number of hydrogen-bond acceptors (Lipinski definition) is 5. The smallest absolute Gasteiger partial charge is 0.363 e. The maximum Gasteiger partial charge on any atom is 0.416 e. The number of aryl methyl sites for hydroxylation is 2. The van der Waals surface area contributed by atoms with Crippen LogP contribution in [0.1, 0.15) is 48.1 Å². The second kappa shape index (κ2) is 8.62. The normalized spacial score (nSPS) is 20.4. The largest absolute Gasteiger partial charge is 0.416 e. The fourth-order valence-corrected chi connectivity index (χ4v) is 5.04. The van der Waals surface area contributed by atoms with Crippen LogP contribution >= 0.6 is 0 Å². The minimum atomic E-state index is -4.39. The third-order valence-electron chi connectivity index (χ3n) is 7.13. The number of likely N-dealkylation sites (tertiary alicyclic amines) is 1. The quantitative estimate of drug-likeness (QED) is 0.570. The van der Waals surface area contributed by atoms with Gasteiger partial charge < -0.3 is 10.2 Å². The number of hydrogen-bond donors (Lipinski definition) is 1. The summed E-state index contributed by atoms with van der Waals surface area (Å²) in [4.78, 5) is 28.5. The SMILES string of the molecule is Cc1nc2c(cc1-c1ncccn1)CC[C@@]1(CCN(C(=O)[C@H](C)c3ccc(C(F)(F)F)cc3)C1)N2. The van der Waals surface area contributed by atoms with Crippen molar-refractivity contribution >= 4 is 11.7 Å². The Morgan fingerprint density at radius 1 is 1.14 bits per heavy atom. The maximum atomic E-state index is 13.2. The molecule has 4 heterocycles. The van der Waals surface area contributed by atoms with Gasteiger partial charge >= 0.3 is 6.18 Å². The molecule has 0 unspecified atom stereocenters. The lowest BCUT2D eigenvalue weighted by molar-refractivity contribution is -0.137. The van der Waals surface area contributed by atoms with E-state index in [9.17, 15) is 18.0 Å². The predicted molar refractivity (Wildman–Crippen MR) is 126 cm³/mol.